The normalized spacial score (nSPS) is 13.4. The standard InChI is InChI=1S/C18H32N2/c1-7-16-8-10-17(11-9-16)18(19-6)13-20(15(4)5)12-14(2)3/h8-11,14-15,18-19H,7,12-13H2,1-6H3. The Morgan fingerprint density at radius 3 is 2.00 bits per heavy atom. The Balaban J connectivity index is 2.77. The smallest absolute Gasteiger partial charge is 0.0446 e. The van der Waals surface area contributed by atoms with E-state index in [0.717, 1.165) is 19.5 Å². The van der Waals surface area contributed by atoms with Gasteiger partial charge in [-0.3, -0.25) is 4.90 Å². The van der Waals surface area contributed by atoms with Gasteiger partial charge in [-0.1, -0.05) is 45.0 Å². The van der Waals surface area contributed by atoms with Crippen molar-refractivity contribution in [3.8, 4) is 0 Å². The molecule has 2 heteroatoms. The van der Waals surface area contributed by atoms with Crippen LogP contribution in [0, 0.1) is 5.92 Å². The van der Waals surface area contributed by atoms with Crippen LogP contribution in [0.15, 0.2) is 24.3 Å². The quantitative estimate of drug-likeness (QED) is 0.775. The predicted octanol–water partition coefficient (Wildman–Crippen LogP) is 3.88. The van der Waals surface area contributed by atoms with Crippen molar-refractivity contribution in [2.75, 3.05) is 20.1 Å². The van der Waals surface area contributed by atoms with Gasteiger partial charge in [-0.05, 0) is 44.4 Å². The molecule has 1 atom stereocenters. The zero-order chi connectivity index (χ0) is 15.1. The first-order valence-corrected chi connectivity index (χ1v) is 7.98. The Hall–Kier alpha value is -0.860. The van der Waals surface area contributed by atoms with Crippen molar-refractivity contribution in [2.24, 2.45) is 5.92 Å². The van der Waals surface area contributed by atoms with Gasteiger partial charge in [0.25, 0.3) is 0 Å². The third kappa shape index (κ3) is 5.26. The van der Waals surface area contributed by atoms with E-state index in [0.29, 0.717) is 18.0 Å². The monoisotopic (exact) mass is 276 g/mol. The van der Waals surface area contributed by atoms with Crippen molar-refractivity contribution in [3.63, 3.8) is 0 Å². The summed E-state index contributed by atoms with van der Waals surface area (Å²) in [5.41, 5.74) is 2.80. The summed E-state index contributed by atoms with van der Waals surface area (Å²) in [5, 5.41) is 3.47. The summed E-state index contributed by atoms with van der Waals surface area (Å²) in [6.07, 6.45) is 1.11. The summed E-state index contributed by atoms with van der Waals surface area (Å²) in [7, 11) is 2.06. The Labute approximate surface area is 125 Å². The molecule has 0 saturated carbocycles. The van der Waals surface area contributed by atoms with E-state index in [1.807, 2.05) is 0 Å². The van der Waals surface area contributed by atoms with Crippen LogP contribution in [-0.4, -0.2) is 31.1 Å². The van der Waals surface area contributed by atoms with Crippen molar-refractivity contribution in [3.05, 3.63) is 35.4 Å². The first-order valence-electron chi connectivity index (χ1n) is 7.98. The van der Waals surface area contributed by atoms with E-state index < -0.39 is 0 Å². The van der Waals surface area contributed by atoms with E-state index in [1.54, 1.807) is 0 Å². The molecule has 0 aliphatic rings. The molecule has 1 rings (SSSR count). The molecule has 0 amide bonds. The summed E-state index contributed by atoms with van der Waals surface area (Å²) in [4.78, 5) is 2.57. The first-order chi connectivity index (χ1) is 9.47. The van der Waals surface area contributed by atoms with Gasteiger partial charge in [0.15, 0.2) is 0 Å². The maximum atomic E-state index is 3.47. The average Bonchev–Trinajstić information content (AvgIpc) is 2.43. The molecule has 0 aliphatic heterocycles. The summed E-state index contributed by atoms with van der Waals surface area (Å²) in [6.45, 7) is 13.6. The van der Waals surface area contributed by atoms with Crippen LogP contribution in [0.3, 0.4) is 0 Å². The Kier molecular flexibility index (Phi) is 7.25. The molecule has 114 valence electrons. The molecule has 0 spiro atoms. The van der Waals surface area contributed by atoms with Gasteiger partial charge in [-0.15, -0.1) is 0 Å². The number of hydrogen-bond acceptors (Lipinski definition) is 2. The van der Waals surface area contributed by atoms with E-state index >= 15 is 0 Å². The SMILES string of the molecule is CCc1ccc(C(CN(CC(C)C)C(C)C)NC)cc1. The predicted molar refractivity (Wildman–Crippen MR) is 89.2 cm³/mol. The second-order valence-corrected chi connectivity index (χ2v) is 6.38. The Morgan fingerprint density at radius 1 is 1.00 bits per heavy atom. The van der Waals surface area contributed by atoms with Crippen LogP contribution in [0.5, 0.6) is 0 Å². The fourth-order valence-corrected chi connectivity index (χ4v) is 2.55. The van der Waals surface area contributed by atoms with Crippen LogP contribution >= 0.6 is 0 Å². The van der Waals surface area contributed by atoms with Gasteiger partial charge >= 0.3 is 0 Å². The van der Waals surface area contributed by atoms with E-state index in [-0.39, 0.29) is 0 Å². The second kappa shape index (κ2) is 8.43. The van der Waals surface area contributed by atoms with E-state index in [2.05, 4.69) is 76.1 Å². The zero-order valence-electron chi connectivity index (χ0n) is 14.1. The van der Waals surface area contributed by atoms with Crippen LogP contribution in [-0.2, 0) is 6.42 Å². The maximum Gasteiger partial charge on any atom is 0.0446 e. The Morgan fingerprint density at radius 2 is 1.60 bits per heavy atom. The minimum absolute atomic E-state index is 0.405. The molecule has 0 aliphatic carbocycles. The van der Waals surface area contributed by atoms with Gasteiger partial charge < -0.3 is 5.32 Å². The summed E-state index contributed by atoms with van der Waals surface area (Å²) in [5.74, 6) is 0.706. The van der Waals surface area contributed by atoms with Crippen LogP contribution in [0.2, 0.25) is 0 Å². The number of nitrogens with one attached hydrogen (secondary N) is 1. The lowest BCUT2D eigenvalue weighted by Crippen LogP contribution is -2.40. The Bertz CT molecular complexity index is 368. The molecule has 2 nitrogen and oxygen atoms in total. The molecule has 0 aromatic heterocycles. The summed E-state index contributed by atoms with van der Waals surface area (Å²) >= 11 is 0. The lowest BCUT2D eigenvalue weighted by Gasteiger charge is -2.32. The third-order valence-corrected chi connectivity index (χ3v) is 3.89. The van der Waals surface area contributed by atoms with Crippen LogP contribution in [0.4, 0.5) is 0 Å². The molecule has 0 saturated heterocycles. The molecule has 1 aromatic rings. The fourth-order valence-electron chi connectivity index (χ4n) is 2.55. The highest BCUT2D eigenvalue weighted by Crippen LogP contribution is 2.17. The van der Waals surface area contributed by atoms with Crippen molar-refractivity contribution in [2.45, 2.75) is 53.1 Å². The molecule has 0 fully saturated rings. The van der Waals surface area contributed by atoms with E-state index in [1.165, 1.54) is 11.1 Å². The molecule has 0 heterocycles. The molecular formula is C18H32N2. The highest BCUT2D eigenvalue weighted by Gasteiger charge is 2.17. The van der Waals surface area contributed by atoms with Gasteiger partial charge in [0.05, 0.1) is 0 Å². The topological polar surface area (TPSA) is 15.3 Å². The van der Waals surface area contributed by atoms with Gasteiger partial charge in [0, 0.05) is 25.2 Å². The molecule has 0 bridgehead atoms. The lowest BCUT2D eigenvalue weighted by molar-refractivity contribution is 0.179. The van der Waals surface area contributed by atoms with Crippen molar-refractivity contribution >= 4 is 0 Å². The van der Waals surface area contributed by atoms with E-state index in [9.17, 15) is 0 Å². The average molecular weight is 276 g/mol. The largest absolute Gasteiger partial charge is 0.312 e. The molecule has 1 aromatic carbocycles. The zero-order valence-corrected chi connectivity index (χ0v) is 14.1. The molecule has 1 unspecified atom stereocenters. The van der Waals surface area contributed by atoms with Crippen molar-refractivity contribution in [1.82, 2.24) is 10.2 Å². The first kappa shape index (κ1) is 17.2. The summed E-state index contributed by atoms with van der Waals surface area (Å²) < 4.78 is 0. The number of hydrogen-bond donors (Lipinski definition) is 1. The van der Waals surface area contributed by atoms with Gasteiger partial charge in [-0.25, -0.2) is 0 Å². The van der Waals surface area contributed by atoms with Crippen molar-refractivity contribution < 1.29 is 0 Å². The van der Waals surface area contributed by atoms with Gasteiger partial charge in [0.2, 0.25) is 0 Å². The summed E-state index contributed by atoms with van der Waals surface area (Å²) in [6, 6.07) is 10.0. The number of aryl methyl sites for hydroxylation is 1. The van der Waals surface area contributed by atoms with Crippen LogP contribution in [0.25, 0.3) is 0 Å². The van der Waals surface area contributed by atoms with Crippen molar-refractivity contribution in [1.29, 1.82) is 0 Å². The van der Waals surface area contributed by atoms with Gasteiger partial charge in [-0.2, -0.15) is 0 Å². The van der Waals surface area contributed by atoms with Crippen LogP contribution in [0.1, 0.15) is 51.8 Å². The molecule has 20 heavy (non-hydrogen) atoms. The maximum absolute atomic E-state index is 3.47. The molecule has 1 N–H and O–H groups in total. The highest BCUT2D eigenvalue weighted by atomic mass is 15.2. The minimum atomic E-state index is 0.405. The third-order valence-electron chi connectivity index (χ3n) is 3.89. The number of benzene rings is 1. The lowest BCUT2D eigenvalue weighted by atomic mass is 10.0. The number of likely N-dealkylation sites (N-methyl/N-ethyl adjacent to an activating group) is 1. The fraction of sp³-hybridized carbons (Fsp3) is 0.667. The van der Waals surface area contributed by atoms with Gasteiger partial charge in [0.1, 0.15) is 0 Å². The van der Waals surface area contributed by atoms with Crippen LogP contribution < -0.4 is 5.32 Å². The van der Waals surface area contributed by atoms with E-state index in [4.69, 9.17) is 0 Å². The highest BCUT2D eigenvalue weighted by molar-refractivity contribution is 5.25. The second-order valence-electron chi connectivity index (χ2n) is 6.38. The number of rotatable bonds is 8. The number of nitrogens with zero attached hydrogens (tertiary/aromatic N) is 1. The molecule has 0 radical (unpaired) electrons. The molecular weight excluding hydrogens is 244 g/mol. The minimum Gasteiger partial charge on any atom is -0.312 e.